The third-order valence-electron chi connectivity index (χ3n) is 5.22. The van der Waals surface area contributed by atoms with Crippen LogP contribution >= 0.6 is 0 Å². The zero-order valence-electron chi connectivity index (χ0n) is 8.39. The fraction of sp³-hybridized carbons (Fsp3) is 1.00. The molecule has 3 saturated carbocycles. The minimum absolute atomic E-state index is 0.219. The van der Waals surface area contributed by atoms with E-state index in [1.165, 1.54) is 51.4 Å². The van der Waals surface area contributed by atoms with Gasteiger partial charge in [0.25, 0.3) is 0 Å². The Bertz CT molecular complexity index is 215. The fourth-order valence-corrected chi connectivity index (χ4v) is 3.99. The molecule has 1 N–H and O–H groups in total. The molecule has 1 unspecified atom stereocenters. The van der Waals surface area contributed by atoms with Crippen LogP contribution in [0.3, 0.4) is 0 Å². The molecule has 1 spiro atoms. The Morgan fingerprint density at radius 1 is 0.846 bits per heavy atom. The van der Waals surface area contributed by atoms with Gasteiger partial charge in [0.2, 0.25) is 0 Å². The zero-order chi connectivity index (χ0) is 8.94. The lowest BCUT2D eigenvalue weighted by atomic mass is 9.53. The zero-order valence-corrected chi connectivity index (χ0v) is 8.39. The Morgan fingerprint density at radius 2 is 1.46 bits per heavy atom. The first-order valence-corrected chi connectivity index (χ1v) is 5.99. The first kappa shape index (κ1) is 8.28. The van der Waals surface area contributed by atoms with Crippen LogP contribution in [0.1, 0.15) is 57.8 Å². The lowest BCUT2D eigenvalue weighted by molar-refractivity contribution is -0.159. The Balaban J connectivity index is 1.86. The van der Waals surface area contributed by atoms with Gasteiger partial charge >= 0.3 is 0 Å². The first-order chi connectivity index (χ1) is 6.27. The molecule has 0 radical (unpaired) electrons. The van der Waals surface area contributed by atoms with Crippen molar-refractivity contribution in [1.82, 2.24) is 0 Å². The molecule has 1 atom stereocenters. The van der Waals surface area contributed by atoms with Crippen LogP contribution in [-0.2, 0) is 0 Å². The lowest BCUT2D eigenvalue weighted by Gasteiger charge is -2.55. The van der Waals surface area contributed by atoms with Gasteiger partial charge in [0, 0.05) is 0 Å². The number of hydrogen-bond acceptors (Lipinski definition) is 1. The van der Waals surface area contributed by atoms with E-state index in [1.54, 1.807) is 0 Å². The van der Waals surface area contributed by atoms with Crippen LogP contribution in [0.25, 0.3) is 0 Å². The highest BCUT2D eigenvalue weighted by Gasteiger charge is 2.60. The van der Waals surface area contributed by atoms with Crippen molar-refractivity contribution in [2.75, 3.05) is 0 Å². The number of rotatable bonds is 1. The molecule has 0 heterocycles. The molecule has 0 aromatic rings. The van der Waals surface area contributed by atoms with Gasteiger partial charge in [-0.3, -0.25) is 0 Å². The van der Waals surface area contributed by atoms with Crippen molar-refractivity contribution >= 4 is 0 Å². The Kier molecular flexibility index (Phi) is 1.59. The second kappa shape index (κ2) is 2.50. The normalized spacial score (nSPS) is 43.2. The minimum Gasteiger partial charge on any atom is -0.389 e. The molecule has 0 aliphatic heterocycles. The Morgan fingerprint density at radius 3 is 1.92 bits per heavy atom. The van der Waals surface area contributed by atoms with Crippen molar-refractivity contribution in [2.24, 2.45) is 11.3 Å². The Hall–Kier alpha value is -0.0400. The molecule has 74 valence electrons. The topological polar surface area (TPSA) is 20.2 Å². The summed E-state index contributed by atoms with van der Waals surface area (Å²) in [6.45, 7) is 0. The second-order valence-corrected chi connectivity index (χ2v) is 5.54. The molecule has 0 amide bonds. The maximum atomic E-state index is 10.8. The van der Waals surface area contributed by atoms with Gasteiger partial charge in [-0.05, 0) is 56.3 Å². The van der Waals surface area contributed by atoms with Crippen molar-refractivity contribution in [2.45, 2.75) is 63.4 Å². The fourth-order valence-electron chi connectivity index (χ4n) is 3.99. The summed E-state index contributed by atoms with van der Waals surface area (Å²) in [5.41, 5.74) is 0.182. The largest absolute Gasteiger partial charge is 0.389 e. The molecule has 1 heteroatoms. The van der Waals surface area contributed by atoms with Gasteiger partial charge in [-0.25, -0.2) is 0 Å². The summed E-state index contributed by atoms with van der Waals surface area (Å²) in [5, 5.41) is 10.8. The van der Waals surface area contributed by atoms with Crippen molar-refractivity contribution in [3.05, 3.63) is 0 Å². The van der Waals surface area contributed by atoms with Crippen LogP contribution in [0, 0.1) is 11.3 Å². The number of aliphatic hydroxyl groups is 1. The van der Waals surface area contributed by atoms with E-state index in [0.29, 0.717) is 11.3 Å². The van der Waals surface area contributed by atoms with Crippen LogP contribution in [0.15, 0.2) is 0 Å². The molecule has 3 fully saturated rings. The molecule has 3 aliphatic carbocycles. The van der Waals surface area contributed by atoms with Crippen LogP contribution in [0.5, 0.6) is 0 Å². The van der Waals surface area contributed by atoms with E-state index in [4.69, 9.17) is 0 Å². The van der Waals surface area contributed by atoms with Gasteiger partial charge in [-0.15, -0.1) is 0 Å². The molecular weight excluding hydrogens is 160 g/mol. The van der Waals surface area contributed by atoms with E-state index in [0.717, 1.165) is 6.42 Å². The van der Waals surface area contributed by atoms with E-state index in [9.17, 15) is 5.11 Å². The van der Waals surface area contributed by atoms with Gasteiger partial charge < -0.3 is 5.11 Å². The predicted molar refractivity (Wildman–Crippen MR) is 52.4 cm³/mol. The summed E-state index contributed by atoms with van der Waals surface area (Å²) in [7, 11) is 0. The molecule has 0 saturated heterocycles. The predicted octanol–water partition coefficient (Wildman–Crippen LogP) is 2.87. The van der Waals surface area contributed by atoms with Crippen molar-refractivity contribution in [3.63, 3.8) is 0 Å². The summed E-state index contributed by atoms with van der Waals surface area (Å²) in [6, 6.07) is 0. The smallest absolute Gasteiger partial charge is 0.0731 e. The molecule has 0 aromatic heterocycles. The first-order valence-electron chi connectivity index (χ1n) is 5.99. The van der Waals surface area contributed by atoms with E-state index in [-0.39, 0.29) is 5.60 Å². The van der Waals surface area contributed by atoms with Crippen LogP contribution in [-0.4, -0.2) is 10.7 Å². The summed E-state index contributed by atoms with van der Waals surface area (Å²) < 4.78 is 0. The second-order valence-electron chi connectivity index (χ2n) is 5.54. The monoisotopic (exact) mass is 180 g/mol. The SMILES string of the molecule is OC1(C2CCC2)CCCC12CCC2. The summed E-state index contributed by atoms with van der Waals surface area (Å²) in [5.74, 6) is 0.676. The average molecular weight is 180 g/mol. The quantitative estimate of drug-likeness (QED) is 0.658. The van der Waals surface area contributed by atoms with Gasteiger partial charge in [0.15, 0.2) is 0 Å². The molecule has 3 aliphatic rings. The van der Waals surface area contributed by atoms with E-state index >= 15 is 0 Å². The molecule has 13 heavy (non-hydrogen) atoms. The van der Waals surface area contributed by atoms with Gasteiger partial charge in [0.1, 0.15) is 0 Å². The average Bonchev–Trinajstić information content (AvgIpc) is 2.21. The third-order valence-corrected chi connectivity index (χ3v) is 5.22. The summed E-state index contributed by atoms with van der Waals surface area (Å²) in [6.07, 6.45) is 11.7. The highest BCUT2D eigenvalue weighted by Crippen LogP contribution is 2.63. The van der Waals surface area contributed by atoms with Gasteiger partial charge in [-0.1, -0.05) is 12.8 Å². The highest BCUT2D eigenvalue weighted by atomic mass is 16.3. The molecular formula is C12H20O. The minimum atomic E-state index is -0.219. The van der Waals surface area contributed by atoms with Crippen molar-refractivity contribution in [1.29, 1.82) is 0 Å². The van der Waals surface area contributed by atoms with Crippen molar-refractivity contribution in [3.8, 4) is 0 Å². The lowest BCUT2D eigenvalue weighted by Crippen LogP contribution is -2.55. The highest BCUT2D eigenvalue weighted by molar-refractivity contribution is 5.11. The van der Waals surface area contributed by atoms with E-state index < -0.39 is 0 Å². The standard InChI is InChI=1S/C12H20O/c13-12(10-4-1-5-10)9-3-8-11(12)6-2-7-11/h10,13H,1-9H2. The van der Waals surface area contributed by atoms with Gasteiger partial charge in [-0.2, -0.15) is 0 Å². The molecule has 1 nitrogen and oxygen atoms in total. The summed E-state index contributed by atoms with van der Waals surface area (Å²) >= 11 is 0. The maximum Gasteiger partial charge on any atom is 0.0731 e. The maximum absolute atomic E-state index is 10.8. The Labute approximate surface area is 80.5 Å². The van der Waals surface area contributed by atoms with E-state index in [2.05, 4.69) is 0 Å². The third kappa shape index (κ3) is 0.869. The number of hydrogen-bond donors (Lipinski definition) is 1. The summed E-state index contributed by atoms with van der Waals surface area (Å²) in [4.78, 5) is 0. The molecule has 0 aromatic carbocycles. The van der Waals surface area contributed by atoms with Crippen LogP contribution in [0.4, 0.5) is 0 Å². The van der Waals surface area contributed by atoms with Crippen molar-refractivity contribution < 1.29 is 5.11 Å². The molecule has 0 bridgehead atoms. The van der Waals surface area contributed by atoms with E-state index in [1.807, 2.05) is 0 Å². The van der Waals surface area contributed by atoms with Crippen LogP contribution in [0.2, 0.25) is 0 Å². The van der Waals surface area contributed by atoms with Gasteiger partial charge in [0.05, 0.1) is 5.60 Å². The van der Waals surface area contributed by atoms with Crippen LogP contribution < -0.4 is 0 Å². The molecule has 3 rings (SSSR count).